The predicted octanol–water partition coefficient (Wildman–Crippen LogP) is 4.73. The summed E-state index contributed by atoms with van der Waals surface area (Å²) < 4.78 is 0. The van der Waals surface area contributed by atoms with Crippen molar-refractivity contribution < 1.29 is 9.59 Å². The molecule has 0 aromatic rings. The number of amides is 2. The van der Waals surface area contributed by atoms with Crippen LogP contribution in [0.25, 0.3) is 0 Å². The summed E-state index contributed by atoms with van der Waals surface area (Å²) in [7, 11) is 0. The molecular weight excluding hydrogens is 336 g/mol. The number of nitrogens with zero attached hydrogens (tertiary/aromatic N) is 1. The molecule has 0 aromatic heterocycles. The van der Waals surface area contributed by atoms with Gasteiger partial charge in [0.1, 0.15) is 0 Å². The van der Waals surface area contributed by atoms with E-state index in [0.717, 1.165) is 42.9 Å². The van der Waals surface area contributed by atoms with Gasteiger partial charge in [0.25, 0.3) is 0 Å². The van der Waals surface area contributed by atoms with E-state index in [2.05, 4.69) is 31.1 Å². The van der Waals surface area contributed by atoms with Crippen molar-refractivity contribution in [1.82, 2.24) is 5.32 Å². The monoisotopic (exact) mass is 368 g/mol. The van der Waals surface area contributed by atoms with Gasteiger partial charge in [-0.1, -0.05) is 46.1 Å². The zero-order chi connectivity index (χ0) is 19.4. The second-order valence-corrected chi connectivity index (χ2v) is 8.46. The first kappa shape index (κ1) is 19.8. The fraction of sp³-hybridized carbons (Fsp3) is 0.609. The molecule has 3 aliphatic rings. The first-order valence-electron chi connectivity index (χ1n) is 10.5. The Morgan fingerprint density at radius 3 is 2.63 bits per heavy atom. The molecule has 0 bridgehead atoms. The van der Waals surface area contributed by atoms with E-state index >= 15 is 0 Å². The first-order chi connectivity index (χ1) is 13.0. The van der Waals surface area contributed by atoms with Gasteiger partial charge in [-0.15, -0.1) is 0 Å². The number of nitrogens with one attached hydrogen (secondary N) is 1. The fourth-order valence-corrected chi connectivity index (χ4v) is 4.42. The van der Waals surface area contributed by atoms with E-state index in [1.165, 1.54) is 19.3 Å². The molecule has 27 heavy (non-hydrogen) atoms. The van der Waals surface area contributed by atoms with Crippen LogP contribution in [0.2, 0.25) is 0 Å². The lowest BCUT2D eigenvalue weighted by molar-refractivity contribution is -0.122. The van der Waals surface area contributed by atoms with Crippen molar-refractivity contribution in [2.75, 3.05) is 0 Å². The predicted molar refractivity (Wildman–Crippen MR) is 109 cm³/mol. The average molecular weight is 369 g/mol. The Morgan fingerprint density at radius 1 is 1.22 bits per heavy atom. The Morgan fingerprint density at radius 2 is 1.96 bits per heavy atom. The highest BCUT2D eigenvalue weighted by Crippen LogP contribution is 2.34. The zero-order valence-electron chi connectivity index (χ0n) is 16.8. The van der Waals surface area contributed by atoms with Crippen molar-refractivity contribution in [2.24, 2.45) is 28.7 Å². The molecule has 1 heterocycles. The van der Waals surface area contributed by atoms with E-state index < -0.39 is 0 Å². The maximum atomic E-state index is 12.6. The van der Waals surface area contributed by atoms with Gasteiger partial charge < -0.3 is 5.32 Å². The molecule has 1 atom stereocenters. The van der Waals surface area contributed by atoms with Gasteiger partial charge in [0.15, 0.2) is 0 Å². The maximum absolute atomic E-state index is 12.6. The maximum Gasteiger partial charge on any atom is 0.249 e. The molecule has 2 aliphatic carbocycles. The summed E-state index contributed by atoms with van der Waals surface area (Å²) in [5, 5.41) is 2.91. The number of hydrogen-bond acceptors (Lipinski definition) is 2. The summed E-state index contributed by atoms with van der Waals surface area (Å²) in [6, 6.07) is 0. The number of aliphatic imine (C=N–C) groups is 1. The van der Waals surface area contributed by atoms with Gasteiger partial charge in [0.05, 0.1) is 5.71 Å². The molecule has 1 saturated carbocycles. The molecule has 3 rings (SSSR count). The van der Waals surface area contributed by atoms with Crippen molar-refractivity contribution in [3.05, 3.63) is 35.6 Å². The van der Waals surface area contributed by atoms with Gasteiger partial charge in [-0.3, -0.25) is 9.59 Å². The van der Waals surface area contributed by atoms with Crippen molar-refractivity contribution in [1.29, 1.82) is 0 Å². The summed E-state index contributed by atoms with van der Waals surface area (Å²) in [5.41, 5.74) is 2.60. The van der Waals surface area contributed by atoms with Gasteiger partial charge in [0, 0.05) is 23.6 Å². The SMILES string of the molecule is CCCCC1CCC(C(=O)N=C2C=CC3C(=C2)NC(=O)C=C3C(C)C)CC1. The second-order valence-electron chi connectivity index (χ2n) is 8.46. The Hall–Kier alpha value is -1.97. The van der Waals surface area contributed by atoms with Gasteiger partial charge in [-0.2, -0.15) is 0 Å². The molecule has 1 unspecified atom stereocenters. The summed E-state index contributed by atoms with van der Waals surface area (Å²) in [4.78, 5) is 29.0. The summed E-state index contributed by atoms with van der Waals surface area (Å²) in [6.45, 7) is 6.43. The topological polar surface area (TPSA) is 58.5 Å². The number of unbranched alkanes of at least 4 members (excludes halogenated alkanes) is 1. The molecule has 2 amide bonds. The smallest absolute Gasteiger partial charge is 0.249 e. The molecule has 1 N–H and O–H groups in total. The van der Waals surface area contributed by atoms with Crippen LogP contribution in [0.3, 0.4) is 0 Å². The van der Waals surface area contributed by atoms with E-state index in [1.807, 2.05) is 18.2 Å². The number of rotatable bonds is 5. The molecule has 1 aliphatic heterocycles. The van der Waals surface area contributed by atoms with Crippen molar-refractivity contribution in [3.63, 3.8) is 0 Å². The molecule has 1 fully saturated rings. The van der Waals surface area contributed by atoms with Crippen LogP contribution in [0.4, 0.5) is 0 Å². The van der Waals surface area contributed by atoms with Crippen LogP contribution in [-0.4, -0.2) is 17.5 Å². The number of carbonyl (C=O) groups is 2. The van der Waals surface area contributed by atoms with Crippen molar-refractivity contribution >= 4 is 17.5 Å². The normalized spacial score (nSPS) is 29.3. The molecular formula is C23H32N2O2. The van der Waals surface area contributed by atoms with Crippen molar-refractivity contribution in [2.45, 2.75) is 65.7 Å². The van der Waals surface area contributed by atoms with Crippen LogP contribution in [0, 0.1) is 23.7 Å². The number of fused-ring (bicyclic) bond motifs is 1. The third kappa shape index (κ3) is 4.85. The molecule has 4 heteroatoms. The molecule has 146 valence electrons. The minimum Gasteiger partial charge on any atom is -0.325 e. The molecule has 0 aromatic carbocycles. The summed E-state index contributed by atoms with van der Waals surface area (Å²) >= 11 is 0. The molecule has 0 spiro atoms. The number of allylic oxidation sites excluding steroid dienone is 3. The van der Waals surface area contributed by atoms with Crippen LogP contribution >= 0.6 is 0 Å². The lowest BCUT2D eigenvalue weighted by Gasteiger charge is -2.30. The zero-order valence-corrected chi connectivity index (χ0v) is 16.8. The lowest BCUT2D eigenvalue weighted by Crippen LogP contribution is -2.34. The van der Waals surface area contributed by atoms with E-state index in [4.69, 9.17) is 0 Å². The number of hydrogen-bond donors (Lipinski definition) is 1. The second kappa shape index (κ2) is 8.81. The standard InChI is InChI=1S/C23H32N2O2/c1-4-5-6-16-7-9-17(10-8-16)23(27)24-18-11-12-19-20(15(2)3)14-22(26)25-21(19)13-18/h11-17,19H,4-10H2,1-3H3,(H,25,26). The van der Waals surface area contributed by atoms with Gasteiger partial charge in [0.2, 0.25) is 11.8 Å². The molecule has 0 saturated heterocycles. The van der Waals surface area contributed by atoms with Gasteiger partial charge >= 0.3 is 0 Å². The van der Waals surface area contributed by atoms with Crippen LogP contribution in [0.15, 0.2) is 40.6 Å². The summed E-state index contributed by atoms with van der Waals surface area (Å²) in [5.74, 6) is 1.15. The van der Waals surface area contributed by atoms with Gasteiger partial charge in [-0.05, 0) is 55.2 Å². The highest BCUT2D eigenvalue weighted by Gasteiger charge is 2.29. The van der Waals surface area contributed by atoms with E-state index in [9.17, 15) is 9.59 Å². The number of carbonyl (C=O) groups excluding carboxylic acids is 2. The van der Waals surface area contributed by atoms with Crippen LogP contribution in [-0.2, 0) is 9.59 Å². The van der Waals surface area contributed by atoms with Crippen LogP contribution in [0.5, 0.6) is 0 Å². The van der Waals surface area contributed by atoms with Crippen LogP contribution < -0.4 is 5.32 Å². The van der Waals surface area contributed by atoms with Crippen molar-refractivity contribution in [3.8, 4) is 0 Å². The molecule has 4 nitrogen and oxygen atoms in total. The minimum atomic E-state index is -0.0902. The third-order valence-electron chi connectivity index (χ3n) is 6.09. The van der Waals surface area contributed by atoms with E-state index in [0.29, 0.717) is 11.6 Å². The third-order valence-corrected chi connectivity index (χ3v) is 6.09. The Balaban J connectivity index is 1.64. The summed E-state index contributed by atoms with van der Waals surface area (Å²) in [6.07, 6.45) is 15.6. The minimum absolute atomic E-state index is 0.000604. The fourth-order valence-electron chi connectivity index (χ4n) is 4.42. The first-order valence-corrected chi connectivity index (χ1v) is 10.5. The average Bonchev–Trinajstić information content (AvgIpc) is 2.65. The Kier molecular flexibility index (Phi) is 6.46. The Labute approximate surface area is 162 Å². The highest BCUT2D eigenvalue weighted by atomic mass is 16.2. The largest absolute Gasteiger partial charge is 0.325 e. The lowest BCUT2D eigenvalue weighted by atomic mass is 9.79. The quantitative estimate of drug-likeness (QED) is 0.762. The van der Waals surface area contributed by atoms with Gasteiger partial charge in [-0.25, -0.2) is 4.99 Å². The van der Waals surface area contributed by atoms with E-state index in [1.54, 1.807) is 6.08 Å². The molecule has 0 radical (unpaired) electrons. The van der Waals surface area contributed by atoms with E-state index in [-0.39, 0.29) is 23.7 Å². The van der Waals surface area contributed by atoms with Crippen LogP contribution in [0.1, 0.15) is 65.7 Å². The Bertz CT molecular complexity index is 704. The highest BCUT2D eigenvalue weighted by molar-refractivity contribution is 6.11.